The van der Waals surface area contributed by atoms with Crippen molar-refractivity contribution in [2.45, 2.75) is 33.1 Å². The third-order valence-corrected chi connectivity index (χ3v) is 7.39. The summed E-state index contributed by atoms with van der Waals surface area (Å²) in [5, 5.41) is 11.2. The normalized spacial score (nSPS) is 14.1. The second-order valence-corrected chi connectivity index (χ2v) is 11.6. The molecular weight excluding hydrogens is 576 g/mol. The van der Waals surface area contributed by atoms with Gasteiger partial charge in [-0.2, -0.15) is 5.10 Å². The molecule has 0 spiro atoms. The summed E-state index contributed by atoms with van der Waals surface area (Å²) in [4.78, 5) is 41.0. The number of benzene rings is 3. The number of nitrogens with two attached hydrogens (primary N) is 1. The smallest absolute Gasteiger partial charge is 0.332 e. The van der Waals surface area contributed by atoms with Crippen LogP contribution in [0.25, 0.3) is 10.8 Å². The van der Waals surface area contributed by atoms with E-state index in [0.29, 0.717) is 43.1 Å². The largest absolute Gasteiger partial charge is 0.494 e. The molecule has 0 radical (unpaired) electrons. The summed E-state index contributed by atoms with van der Waals surface area (Å²) in [6, 6.07) is 13.6. The molecule has 45 heavy (non-hydrogen) atoms. The van der Waals surface area contributed by atoms with Crippen molar-refractivity contribution in [1.29, 1.82) is 0 Å². The molecule has 0 atom stereocenters. The highest BCUT2D eigenvalue weighted by Gasteiger charge is 2.26. The number of nitrogens with one attached hydrogen (secondary N) is 3. The fourth-order valence-electron chi connectivity index (χ4n) is 5.04. The van der Waals surface area contributed by atoms with Gasteiger partial charge in [0.1, 0.15) is 12.4 Å². The van der Waals surface area contributed by atoms with Crippen molar-refractivity contribution in [3.63, 3.8) is 0 Å². The predicted molar refractivity (Wildman–Crippen MR) is 174 cm³/mol. The van der Waals surface area contributed by atoms with E-state index in [1.165, 1.54) is 7.11 Å². The van der Waals surface area contributed by atoms with Crippen LogP contribution < -0.4 is 31.3 Å². The number of hydrogen-bond donors (Lipinski definition) is 4. The quantitative estimate of drug-likeness (QED) is 0.189. The van der Waals surface area contributed by atoms with Crippen LogP contribution in [0.15, 0.2) is 53.6 Å². The summed E-state index contributed by atoms with van der Waals surface area (Å²) in [5.41, 5.74) is 8.86. The number of hydrazone groups is 1. The van der Waals surface area contributed by atoms with Crippen LogP contribution in [-0.4, -0.2) is 81.6 Å². The lowest BCUT2D eigenvalue weighted by Gasteiger charge is -2.26. The van der Waals surface area contributed by atoms with Crippen LogP contribution in [0.1, 0.15) is 49.2 Å². The van der Waals surface area contributed by atoms with Gasteiger partial charge in [0.15, 0.2) is 11.5 Å². The zero-order valence-corrected chi connectivity index (χ0v) is 26.5. The first-order valence-corrected chi connectivity index (χ1v) is 14.9. The number of methoxy groups -OCH3 is 1. The van der Waals surface area contributed by atoms with Crippen LogP contribution >= 0.6 is 0 Å². The third-order valence-electron chi connectivity index (χ3n) is 7.39. The summed E-state index contributed by atoms with van der Waals surface area (Å²) in [6.07, 6.45) is 0. The van der Waals surface area contributed by atoms with Crippen molar-refractivity contribution in [1.82, 2.24) is 15.6 Å². The first kappa shape index (κ1) is 33.2. The van der Waals surface area contributed by atoms with Gasteiger partial charge in [0.05, 0.1) is 31.6 Å². The number of hydrogen-bond acceptors (Lipinski definition) is 8. The number of ether oxygens (including phenoxy) is 3. The lowest BCUT2D eigenvalue weighted by Crippen LogP contribution is -2.38. The van der Waals surface area contributed by atoms with Crippen LogP contribution in [0, 0.1) is 0 Å². The standard InChI is InChI=1S/C33H42N6O6/c1-6-35-30(40)25-19-21(33(2,3)4)20-26(29(25)43-5)36-31(41)28(37-38-32(34)42)24-11-12-27(23-10-8-7-9-22(23)24)45-18-15-39-13-16-44-17-14-39/h7-12,19-20H,6,13-18H2,1-5H3,(H,35,40)(H,36,41)(H3,34,38,42)/b37-28+. The molecule has 240 valence electrons. The van der Waals surface area contributed by atoms with Crippen molar-refractivity contribution < 1.29 is 28.6 Å². The molecule has 12 nitrogen and oxygen atoms in total. The molecule has 0 aromatic heterocycles. The first-order chi connectivity index (χ1) is 21.5. The molecule has 1 saturated heterocycles. The minimum atomic E-state index is -0.932. The molecule has 3 aromatic rings. The molecule has 0 unspecified atom stereocenters. The van der Waals surface area contributed by atoms with E-state index >= 15 is 0 Å². The molecule has 1 fully saturated rings. The van der Waals surface area contributed by atoms with E-state index in [4.69, 9.17) is 19.9 Å². The SMILES string of the molecule is CCNC(=O)c1cc(C(C)(C)C)cc(NC(=O)/C(=N/NC(N)=O)c2ccc(OCCN3CCOCC3)c3ccccc23)c1OC. The molecule has 12 heteroatoms. The number of urea groups is 1. The molecule has 0 bridgehead atoms. The summed E-state index contributed by atoms with van der Waals surface area (Å²) < 4.78 is 17.2. The Morgan fingerprint density at radius 3 is 2.38 bits per heavy atom. The number of morpholine rings is 1. The fraction of sp³-hybridized carbons (Fsp3) is 0.394. The molecule has 1 aliphatic rings. The Bertz CT molecular complexity index is 1580. The minimum absolute atomic E-state index is 0.104. The number of primary amides is 1. The molecule has 1 aliphatic heterocycles. The number of anilines is 1. The van der Waals surface area contributed by atoms with Crippen LogP contribution in [-0.2, 0) is 14.9 Å². The van der Waals surface area contributed by atoms with Gasteiger partial charge in [-0.3, -0.25) is 14.5 Å². The maximum Gasteiger partial charge on any atom is 0.332 e. The lowest BCUT2D eigenvalue weighted by molar-refractivity contribution is -0.110. The highest BCUT2D eigenvalue weighted by molar-refractivity contribution is 6.50. The van der Waals surface area contributed by atoms with E-state index in [1.54, 1.807) is 24.3 Å². The van der Waals surface area contributed by atoms with E-state index in [1.807, 2.05) is 52.0 Å². The van der Waals surface area contributed by atoms with Crippen LogP contribution in [0.3, 0.4) is 0 Å². The van der Waals surface area contributed by atoms with Gasteiger partial charge in [0.2, 0.25) is 0 Å². The third kappa shape index (κ3) is 8.28. The molecule has 0 aliphatic carbocycles. The van der Waals surface area contributed by atoms with Gasteiger partial charge in [-0.15, -0.1) is 0 Å². The molecule has 4 amide bonds. The number of rotatable bonds is 11. The van der Waals surface area contributed by atoms with Crippen LogP contribution in [0.2, 0.25) is 0 Å². The average Bonchev–Trinajstić information content (AvgIpc) is 3.01. The van der Waals surface area contributed by atoms with Gasteiger partial charge in [-0.25, -0.2) is 10.2 Å². The zero-order chi connectivity index (χ0) is 32.6. The van der Waals surface area contributed by atoms with E-state index in [2.05, 4.69) is 26.1 Å². The van der Waals surface area contributed by atoms with Crippen molar-refractivity contribution in [3.8, 4) is 11.5 Å². The number of carbonyl (C=O) groups is 3. The van der Waals surface area contributed by atoms with Crippen molar-refractivity contribution in [2.75, 3.05) is 58.4 Å². The molecule has 0 saturated carbocycles. The Morgan fingerprint density at radius 1 is 1.02 bits per heavy atom. The topological polar surface area (TPSA) is 157 Å². The van der Waals surface area contributed by atoms with Crippen molar-refractivity contribution >= 4 is 40.0 Å². The first-order valence-electron chi connectivity index (χ1n) is 14.9. The number of nitrogens with zero attached hydrogens (tertiary/aromatic N) is 2. The minimum Gasteiger partial charge on any atom is -0.494 e. The molecule has 4 rings (SSSR count). The average molecular weight is 619 g/mol. The summed E-state index contributed by atoms with van der Waals surface area (Å²) in [7, 11) is 1.43. The Kier molecular flexibility index (Phi) is 11.0. The van der Waals surface area contributed by atoms with Gasteiger partial charge >= 0.3 is 6.03 Å². The van der Waals surface area contributed by atoms with E-state index in [-0.39, 0.29) is 34.0 Å². The highest BCUT2D eigenvalue weighted by atomic mass is 16.5. The van der Waals surface area contributed by atoms with Gasteiger partial charge in [0, 0.05) is 37.1 Å². The number of carbonyl (C=O) groups excluding carboxylic acids is 3. The second-order valence-electron chi connectivity index (χ2n) is 11.6. The molecule has 3 aromatic carbocycles. The summed E-state index contributed by atoms with van der Waals surface area (Å²) >= 11 is 0. The second kappa shape index (κ2) is 14.9. The number of amides is 4. The number of fused-ring (bicyclic) bond motifs is 1. The van der Waals surface area contributed by atoms with Crippen molar-refractivity contribution in [3.05, 3.63) is 65.2 Å². The predicted octanol–water partition coefficient (Wildman–Crippen LogP) is 3.62. The fourth-order valence-corrected chi connectivity index (χ4v) is 5.04. The Labute approximate surface area is 263 Å². The van der Waals surface area contributed by atoms with Crippen LogP contribution in [0.4, 0.5) is 10.5 Å². The van der Waals surface area contributed by atoms with Crippen molar-refractivity contribution in [2.24, 2.45) is 10.8 Å². The van der Waals surface area contributed by atoms with Crippen LogP contribution in [0.5, 0.6) is 11.5 Å². The van der Waals surface area contributed by atoms with Gasteiger partial charge in [-0.05, 0) is 47.6 Å². The van der Waals surface area contributed by atoms with Gasteiger partial charge in [0.25, 0.3) is 11.8 Å². The van der Waals surface area contributed by atoms with Gasteiger partial charge < -0.3 is 30.6 Å². The summed E-state index contributed by atoms with van der Waals surface area (Å²) in [6.45, 7) is 12.6. The van der Waals surface area contributed by atoms with Gasteiger partial charge in [-0.1, -0.05) is 45.0 Å². The molecular formula is C33H42N6O6. The zero-order valence-electron chi connectivity index (χ0n) is 26.5. The summed E-state index contributed by atoms with van der Waals surface area (Å²) in [5.74, 6) is -0.147. The Morgan fingerprint density at radius 2 is 1.73 bits per heavy atom. The maximum atomic E-state index is 14.0. The lowest BCUT2D eigenvalue weighted by atomic mass is 9.85. The Hall–Kier alpha value is -4.68. The monoisotopic (exact) mass is 618 g/mol. The maximum absolute atomic E-state index is 14.0. The van der Waals surface area contributed by atoms with E-state index in [9.17, 15) is 14.4 Å². The highest BCUT2D eigenvalue weighted by Crippen LogP contribution is 2.36. The van der Waals surface area contributed by atoms with E-state index < -0.39 is 11.9 Å². The van der Waals surface area contributed by atoms with E-state index in [0.717, 1.165) is 30.6 Å². The molecule has 1 heterocycles. The Balaban J connectivity index is 1.72. The molecule has 5 N–H and O–H groups in total.